The molecule has 16 heavy (non-hydrogen) atoms. The Balaban J connectivity index is 1.95. The van der Waals surface area contributed by atoms with Crippen molar-refractivity contribution < 1.29 is 0 Å². The summed E-state index contributed by atoms with van der Waals surface area (Å²) in [6, 6.07) is 0. The Morgan fingerprint density at radius 2 is 2.25 bits per heavy atom. The van der Waals surface area contributed by atoms with Crippen LogP contribution in [0.5, 0.6) is 0 Å². The second-order valence-electron chi connectivity index (χ2n) is 4.78. The molecule has 2 atom stereocenters. The van der Waals surface area contributed by atoms with Crippen LogP contribution in [0.4, 0.5) is 5.00 Å². The molecular formula is C11H20N4S. The summed E-state index contributed by atoms with van der Waals surface area (Å²) < 4.78 is 3.99. The number of aromatic nitrogens is 2. The van der Waals surface area contributed by atoms with E-state index in [1.165, 1.54) is 31.0 Å². The van der Waals surface area contributed by atoms with Crippen molar-refractivity contribution >= 4 is 16.5 Å². The minimum atomic E-state index is 0.790. The van der Waals surface area contributed by atoms with E-state index in [0.29, 0.717) is 0 Å². The standard InChI is InChI=1S/C11H20N4S/c1-8-4-5-15(6-9(8)2)7-10-11(12-3)16-14-13-10/h8-9,12H,4-7H2,1-3H3. The lowest BCUT2D eigenvalue weighted by molar-refractivity contribution is 0.131. The topological polar surface area (TPSA) is 41.1 Å². The summed E-state index contributed by atoms with van der Waals surface area (Å²) >= 11 is 1.44. The Kier molecular flexibility index (Phi) is 3.76. The van der Waals surface area contributed by atoms with E-state index in [0.717, 1.165) is 29.1 Å². The maximum atomic E-state index is 4.19. The van der Waals surface area contributed by atoms with Crippen molar-refractivity contribution in [3.63, 3.8) is 0 Å². The van der Waals surface area contributed by atoms with Crippen LogP contribution in [-0.4, -0.2) is 34.6 Å². The van der Waals surface area contributed by atoms with E-state index in [-0.39, 0.29) is 0 Å². The Morgan fingerprint density at radius 3 is 2.94 bits per heavy atom. The average molecular weight is 240 g/mol. The number of rotatable bonds is 3. The third-order valence-electron chi connectivity index (χ3n) is 3.57. The fourth-order valence-corrected chi connectivity index (χ4v) is 2.73. The molecule has 1 aromatic rings. The van der Waals surface area contributed by atoms with Crippen molar-refractivity contribution in [1.82, 2.24) is 14.5 Å². The van der Waals surface area contributed by atoms with E-state index in [9.17, 15) is 0 Å². The highest BCUT2D eigenvalue weighted by atomic mass is 32.1. The van der Waals surface area contributed by atoms with Gasteiger partial charge in [0, 0.05) is 31.7 Å². The van der Waals surface area contributed by atoms with E-state index in [1.807, 2.05) is 7.05 Å². The predicted octanol–water partition coefficient (Wildman–Crippen LogP) is 2.06. The van der Waals surface area contributed by atoms with Gasteiger partial charge in [0.1, 0.15) is 10.7 Å². The molecule has 2 rings (SSSR count). The number of anilines is 1. The minimum absolute atomic E-state index is 0.790. The minimum Gasteiger partial charge on any atom is -0.377 e. The van der Waals surface area contributed by atoms with Crippen molar-refractivity contribution in [2.24, 2.45) is 11.8 Å². The number of hydrogen-bond donors (Lipinski definition) is 1. The van der Waals surface area contributed by atoms with E-state index in [1.54, 1.807) is 0 Å². The summed E-state index contributed by atoms with van der Waals surface area (Å²) in [6.45, 7) is 8.00. The number of likely N-dealkylation sites (tertiary alicyclic amines) is 1. The molecule has 2 unspecified atom stereocenters. The third-order valence-corrected chi connectivity index (χ3v) is 4.36. The van der Waals surface area contributed by atoms with Crippen molar-refractivity contribution in [2.75, 3.05) is 25.5 Å². The Morgan fingerprint density at radius 1 is 1.44 bits per heavy atom. The van der Waals surface area contributed by atoms with Crippen molar-refractivity contribution in [2.45, 2.75) is 26.8 Å². The maximum Gasteiger partial charge on any atom is 0.134 e. The largest absolute Gasteiger partial charge is 0.377 e. The second kappa shape index (κ2) is 5.10. The van der Waals surface area contributed by atoms with Gasteiger partial charge in [-0.05, 0) is 24.8 Å². The predicted molar refractivity (Wildman–Crippen MR) is 67.7 cm³/mol. The third kappa shape index (κ3) is 2.52. The van der Waals surface area contributed by atoms with Crippen LogP contribution < -0.4 is 5.32 Å². The molecule has 5 heteroatoms. The molecule has 0 aliphatic carbocycles. The van der Waals surface area contributed by atoms with E-state index < -0.39 is 0 Å². The summed E-state index contributed by atoms with van der Waals surface area (Å²) in [5.74, 6) is 1.65. The van der Waals surface area contributed by atoms with Crippen LogP contribution in [0.1, 0.15) is 26.0 Å². The van der Waals surface area contributed by atoms with Gasteiger partial charge in [-0.25, -0.2) is 0 Å². The molecular weight excluding hydrogens is 220 g/mol. The Hall–Kier alpha value is -0.680. The zero-order valence-electron chi connectivity index (χ0n) is 10.2. The highest BCUT2D eigenvalue weighted by Gasteiger charge is 2.23. The number of nitrogens with zero attached hydrogens (tertiary/aromatic N) is 3. The highest BCUT2D eigenvalue weighted by molar-refractivity contribution is 7.10. The lowest BCUT2D eigenvalue weighted by Crippen LogP contribution is -2.38. The first-order valence-corrected chi connectivity index (χ1v) is 6.69. The molecule has 1 aliphatic heterocycles. The van der Waals surface area contributed by atoms with Crippen LogP contribution in [0.25, 0.3) is 0 Å². The molecule has 1 fully saturated rings. The van der Waals surface area contributed by atoms with Gasteiger partial charge >= 0.3 is 0 Å². The quantitative estimate of drug-likeness (QED) is 0.878. The lowest BCUT2D eigenvalue weighted by Gasteiger charge is -2.34. The van der Waals surface area contributed by atoms with Gasteiger partial charge in [-0.15, -0.1) is 5.10 Å². The summed E-state index contributed by atoms with van der Waals surface area (Å²) in [5.41, 5.74) is 1.09. The number of nitrogens with one attached hydrogen (secondary N) is 1. The smallest absolute Gasteiger partial charge is 0.134 e. The average Bonchev–Trinajstić information content (AvgIpc) is 2.71. The molecule has 90 valence electrons. The van der Waals surface area contributed by atoms with Gasteiger partial charge in [0.25, 0.3) is 0 Å². The fourth-order valence-electron chi connectivity index (χ4n) is 2.21. The molecule has 1 aromatic heterocycles. The molecule has 4 nitrogen and oxygen atoms in total. The van der Waals surface area contributed by atoms with Gasteiger partial charge in [-0.3, -0.25) is 4.90 Å². The molecule has 0 amide bonds. The van der Waals surface area contributed by atoms with Crippen LogP contribution in [0.15, 0.2) is 0 Å². The fraction of sp³-hybridized carbons (Fsp3) is 0.818. The summed E-state index contributed by atoms with van der Waals surface area (Å²) in [5, 5.41) is 8.44. The molecule has 0 bridgehead atoms. The summed E-state index contributed by atoms with van der Waals surface area (Å²) in [6.07, 6.45) is 1.30. The molecule has 0 radical (unpaired) electrons. The molecule has 1 aliphatic rings. The summed E-state index contributed by atoms with van der Waals surface area (Å²) in [7, 11) is 1.93. The van der Waals surface area contributed by atoms with Crippen LogP contribution in [0.3, 0.4) is 0 Å². The number of hydrogen-bond acceptors (Lipinski definition) is 5. The first kappa shape index (κ1) is 11.8. The molecule has 0 spiro atoms. The zero-order chi connectivity index (χ0) is 11.5. The van der Waals surface area contributed by atoms with Crippen molar-refractivity contribution in [3.05, 3.63) is 5.69 Å². The van der Waals surface area contributed by atoms with E-state index in [4.69, 9.17) is 0 Å². The van der Waals surface area contributed by atoms with Crippen LogP contribution in [0, 0.1) is 11.8 Å². The van der Waals surface area contributed by atoms with Gasteiger partial charge in [0.05, 0.1) is 0 Å². The van der Waals surface area contributed by atoms with Crippen molar-refractivity contribution in [1.29, 1.82) is 0 Å². The van der Waals surface area contributed by atoms with Gasteiger partial charge in [-0.2, -0.15) is 0 Å². The Labute approximate surface area is 101 Å². The first-order valence-electron chi connectivity index (χ1n) is 5.92. The lowest BCUT2D eigenvalue weighted by atomic mass is 9.89. The monoisotopic (exact) mass is 240 g/mol. The maximum absolute atomic E-state index is 4.19. The van der Waals surface area contributed by atoms with E-state index >= 15 is 0 Å². The van der Waals surface area contributed by atoms with Crippen LogP contribution >= 0.6 is 11.5 Å². The molecule has 0 saturated carbocycles. The van der Waals surface area contributed by atoms with Gasteiger partial charge in [0.2, 0.25) is 0 Å². The summed E-state index contributed by atoms with van der Waals surface area (Å²) in [4.78, 5) is 2.49. The van der Waals surface area contributed by atoms with Crippen LogP contribution in [-0.2, 0) is 6.54 Å². The molecule has 1 saturated heterocycles. The number of piperidine rings is 1. The highest BCUT2D eigenvalue weighted by Crippen LogP contribution is 2.25. The molecule has 1 N–H and O–H groups in total. The van der Waals surface area contributed by atoms with Gasteiger partial charge < -0.3 is 5.32 Å². The van der Waals surface area contributed by atoms with Crippen molar-refractivity contribution in [3.8, 4) is 0 Å². The Bertz CT molecular complexity index is 338. The SMILES string of the molecule is CNc1snnc1CN1CCC(C)C(C)C1. The van der Waals surface area contributed by atoms with Gasteiger partial charge in [-0.1, -0.05) is 18.3 Å². The normalized spacial score (nSPS) is 26.9. The zero-order valence-corrected chi connectivity index (χ0v) is 11.0. The van der Waals surface area contributed by atoms with E-state index in [2.05, 4.69) is 33.7 Å². The molecule has 0 aromatic carbocycles. The van der Waals surface area contributed by atoms with Crippen LogP contribution in [0.2, 0.25) is 0 Å². The second-order valence-corrected chi connectivity index (χ2v) is 5.53. The molecule has 2 heterocycles. The first-order chi connectivity index (χ1) is 7.70. The van der Waals surface area contributed by atoms with Gasteiger partial charge in [0.15, 0.2) is 0 Å².